The van der Waals surface area contributed by atoms with Crippen LogP contribution in [0, 0.1) is 0 Å². The molecule has 8 heteroatoms. The Kier molecular flexibility index (Phi) is 6.63. The van der Waals surface area contributed by atoms with Crippen LogP contribution in [-0.4, -0.2) is 40.4 Å². The third-order valence-electron chi connectivity index (χ3n) is 3.28. The fourth-order valence-corrected chi connectivity index (χ4v) is 3.81. The van der Waals surface area contributed by atoms with Gasteiger partial charge in [-0.1, -0.05) is 42.9 Å². The third kappa shape index (κ3) is 5.24. The van der Waals surface area contributed by atoms with Crippen LogP contribution in [0.3, 0.4) is 0 Å². The second-order valence-corrected chi connectivity index (χ2v) is 7.49. The van der Waals surface area contributed by atoms with Gasteiger partial charge in [0.1, 0.15) is 0 Å². The Bertz CT molecular complexity index is 517. The van der Waals surface area contributed by atoms with E-state index in [-0.39, 0.29) is 17.9 Å². The summed E-state index contributed by atoms with van der Waals surface area (Å²) in [5.74, 6) is 0.358. The van der Waals surface area contributed by atoms with Crippen molar-refractivity contribution in [1.82, 2.24) is 15.5 Å². The zero-order chi connectivity index (χ0) is 15.9. The fraction of sp³-hybridized carbons (Fsp3) is 0.714. The van der Waals surface area contributed by atoms with Crippen LogP contribution in [0.5, 0.6) is 0 Å². The fourth-order valence-electron chi connectivity index (χ4n) is 2.02. The number of carbonyl (C=O) groups excluding carboxylic acids is 2. The summed E-state index contributed by atoms with van der Waals surface area (Å²) in [6.07, 6.45) is 5.36. The number of carbonyl (C=O) groups is 2. The molecule has 1 fully saturated rings. The monoisotopic (exact) mass is 342 g/mol. The number of hydrogen-bond acceptors (Lipinski definition) is 6. The molecule has 0 aliphatic heterocycles. The first-order valence-electron chi connectivity index (χ1n) is 7.64. The molecule has 0 bridgehead atoms. The van der Waals surface area contributed by atoms with Gasteiger partial charge in [0.2, 0.25) is 16.9 Å². The molecule has 0 atom stereocenters. The van der Waals surface area contributed by atoms with Crippen LogP contribution in [0.4, 0.5) is 5.13 Å². The second-order valence-electron chi connectivity index (χ2n) is 5.32. The van der Waals surface area contributed by atoms with Crippen LogP contribution < -0.4 is 10.2 Å². The zero-order valence-corrected chi connectivity index (χ0v) is 14.6. The molecular weight excluding hydrogens is 320 g/mol. The van der Waals surface area contributed by atoms with Crippen molar-refractivity contribution in [1.29, 1.82) is 0 Å². The average molecular weight is 342 g/mol. The van der Waals surface area contributed by atoms with Crippen molar-refractivity contribution >= 4 is 40.0 Å². The van der Waals surface area contributed by atoms with E-state index >= 15 is 0 Å². The molecule has 2 rings (SSSR count). The van der Waals surface area contributed by atoms with Crippen LogP contribution in [0.1, 0.15) is 46.0 Å². The van der Waals surface area contributed by atoms with E-state index in [1.54, 1.807) is 11.8 Å². The Balaban J connectivity index is 1.77. The molecule has 0 spiro atoms. The Morgan fingerprint density at radius 2 is 2.14 bits per heavy atom. The maximum atomic E-state index is 11.7. The number of aromatic nitrogens is 2. The number of amides is 2. The summed E-state index contributed by atoms with van der Waals surface area (Å²) >= 11 is 2.75. The summed E-state index contributed by atoms with van der Waals surface area (Å²) in [5, 5.41) is 11.7. The highest BCUT2D eigenvalue weighted by Crippen LogP contribution is 2.35. The Hall–Kier alpha value is -1.15. The number of thioether (sulfide) groups is 1. The molecule has 1 saturated carbocycles. The quantitative estimate of drug-likeness (QED) is 0.424. The lowest BCUT2D eigenvalue weighted by molar-refractivity contribution is -0.118. The van der Waals surface area contributed by atoms with Gasteiger partial charge in [-0.15, -0.1) is 10.2 Å². The van der Waals surface area contributed by atoms with Crippen molar-refractivity contribution in [3.8, 4) is 0 Å². The summed E-state index contributed by atoms with van der Waals surface area (Å²) in [7, 11) is 0. The first-order chi connectivity index (χ1) is 10.6. The molecule has 0 radical (unpaired) electrons. The van der Waals surface area contributed by atoms with E-state index in [0.29, 0.717) is 10.9 Å². The van der Waals surface area contributed by atoms with Crippen molar-refractivity contribution in [2.75, 3.05) is 17.2 Å². The lowest BCUT2D eigenvalue weighted by Crippen LogP contribution is -2.30. The molecule has 1 N–H and O–H groups in total. The Morgan fingerprint density at radius 3 is 2.77 bits per heavy atom. The van der Waals surface area contributed by atoms with E-state index in [4.69, 9.17) is 0 Å². The molecule has 122 valence electrons. The molecule has 2 amide bonds. The summed E-state index contributed by atoms with van der Waals surface area (Å²) in [4.78, 5) is 25.1. The number of rotatable bonds is 9. The topological polar surface area (TPSA) is 75.2 Å². The highest BCUT2D eigenvalue weighted by Gasteiger charge is 2.34. The normalized spacial score (nSPS) is 13.9. The van der Waals surface area contributed by atoms with Crippen LogP contribution in [-0.2, 0) is 9.59 Å². The lowest BCUT2D eigenvalue weighted by Gasteiger charge is -2.15. The van der Waals surface area contributed by atoms with E-state index in [0.717, 1.165) is 43.0 Å². The predicted octanol–water partition coefficient (Wildman–Crippen LogP) is 2.45. The van der Waals surface area contributed by atoms with E-state index in [9.17, 15) is 9.59 Å². The Labute approximate surface area is 139 Å². The number of anilines is 1. The van der Waals surface area contributed by atoms with Crippen molar-refractivity contribution in [2.45, 2.75) is 56.3 Å². The molecule has 1 aromatic heterocycles. The van der Waals surface area contributed by atoms with E-state index < -0.39 is 0 Å². The summed E-state index contributed by atoms with van der Waals surface area (Å²) in [6.45, 7) is 4.42. The molecule has 1 aromatic rings. The van der Waals surface area contributed by atoms with E-state index in [1.807, 2.05) is 0 Å². The van der Waals surface area contributed by atoms with Crippen molar-refractivity contribution in [3.63, 3.8) is 0 Å². The van der Waals surface area contributed by atoms with Crippen LogP contribution in [0.25, 0.3) is 0 Å². The van der Waals surface area contributed by atoms with Gasteiger partial charge in [-0.25, -0.2) is 0 Å². The molecule has 1 heterocycles. The Morgan fingerprint density at radius 1 is 1.36 bits per heavy atom. The number of unbranched alkanes of at least 4 members (excludes halogenated alkanes) is 2. The standard InChI is InChI=1S/C14H22N4O2S2/c1-3-4-5-8-15-12(20)9-21-14-17-16-13(22-14)18(10(2)19)11-6-7-11/h11H,3-9H2,1-2H3,(H,15,20). The molecule has 1 aliphatic carbocycles. The zero-order valence-electron chi connectivity index (χ0n) is 13.0. The average Bonchev–Trinajstić information content (AvgIpc) is 3.19. The van der Waals surface area contributed by atoms with Crippen LogP contribution in [0.2, 0.25) is 0 Å². The lowest BCUT2D eigenvalue weighted by atomic mass is 10.2. The molecule has 1 aliphatic rings. The summed E-state index contributed by atoms with van der Waals surface area (Å²) in [5.41, 5.74) is 0. The first-order valence-corrected chi connectivity index (χ1v) is 9.44. The van der Waals surface area contributed by atoms with Gasteiger partial charge in [0.05, 0.1) is 5.75 Å². The largest absolute Gasteiger partial charge is 0.355 e. The number of nitrogens with one attached hydrogen (secondary N) is 1. The maximum Gasteiger partial charge on any atom is 0.230 e. The molecule has 22 heavy (non-hydrogen) atoms. The van der Waals surface area contributed by atoms with Gasteiger partial charge >= 0.3 is 0 Å². The van der Waals surface area contributed by atoms with Gasteiger partial charge in [-0.2, -0.15) is 0 Å². The molecule has 0 unspecified atom stereocenters. The van der Waals surface area contributed by atoms with Gasteiger partial charge in [-0.3, -0.25) is 14.5 Å². The minimum atomic E-state index is 0.00358. The smallest absolute Gasteiger partial charge is 0.230 e. The minimum absolute atomic E-state index is 0.00358. The van der Waals surface area contributed by atoms with Gasteiger partial charge in [-0.05, 0) is 19.3 Å². The maximum absolute atomic E-state index is 11.7. The molecule has 0 saturated heterocycles. The highest BCUT2D eigenvalue weighted by atomic mass is 32.2. The van der Waals surface area contributed by atoms with Gasteiger partial charge < -0.3 is 5.32 Å². The van der Waals surface area contributed by atoms with Crippen molar-refractivity contribution < 1.29 is 9.59 Å². The minimum Gasteiger partial charge on any atom is -0.355 e. The third-order valence-corrected chi connectivity index (χ3v) is 5.34. The SMILES string of the molecule is CCCCCNC(=O)CSc1nnc(N(C(C)=O)C2CC2)s1. The van der Waals surface area contributed by atoms with E-state index in [2.05, 4.69) is 22.4 Å². The van der Waals surface area contributed by atoms with Crippen LogP contribution >= 0.6 is 23.1 Å². The summed E-state index contributed by atoms with van der Waals surface area (Å²) < 4.78 is 0.727. The molecule has 6 nitrogen and oxygen atoms in total. The predicted molar refractivity (Wildman–Crippen MR) is 89.3 cm³/mol. The first kappa shape index (κ1) is 17.2. The molecule has 0 aromatic carbocycles. The summed E-state index contributed by atoms with van der Waals surface area (Å²) in [6, 6.07) is 0.283. The number of hydrogen-bond donors (Lipinski definition) is 1. The highest BCUT2D eigenvalue weighted by molar-refractivity contribution is 8.01. The molecular formula is C14H22N4O2S2. The van der Waals surface area contributed by atoms with Gasteiger partial charge in [0.25, 0.3) is 0 Å². The van der Waals surface area contributed by atoms with E-state index in [1.165, 1.54) is 23.1 Å². The van der Waals surface area contributed by atoms with Crippen molar-refractivity contribution in [3.05, 3.63) is 0 Å². The number of nitrogens with zero attached hydrogens (tertiary/aromatic N) is 3. The van der Waals surface area contributed by atoms with Crippen LogP contribution in [0.15, 0.2) is 4.34 Å². The van der Waals surface area contributed by atoms with Gasteiger partial charge in [0, 0.05) is 19.5 Å². The second kappa shape index (κ2) is 8.47. The van der Waals surface area contributed by atoms with Crippen molar-refractivity contribution in [2.24, 2.45) is 0 Å². The van der Waals surface area contributed by atoms with Gasteiger partial charge in [0.15, 0.2) is 4.34 Å².